The topological polar surface area (TPSA) is 107 Å². The van der Waals surface area contributed by atoms with Crippen molar-refractivity contribution in [2.45, 2.75) is 45.7 Å². The molecule has 8 nitrogen and oxygen atoms in total. The second-order valence-electron chi connectivity index (χ2n) is 11.1. The van der Waals surface area contributed by atoms with E-state index in [2.05, 4.69) is 67.4 Å². The summed E-state index contributed by atoms with van der Waals surface area (Å²) in [5.41, 5.74) is 8.64. The number of imidazole rings is 2. The molecule has 5 heterocycles. The molecule has 10 heteroatoms. The summed E-state index contributed by atoms with van der Waals surface area (Å²) in [6.45, 7) is 6.04. The highest BCUT2D eigenvalue weighted by atomic mass is 32.1. The molecule has 0 bridgehead atoms. The maximum Gasteiger partial charge on any atom is 0.246 e. The lowest BCUT2D eigenvalue weighted by Gasteiger charge is -2.30. The minimum atomic E-state index is -0.540. The smallest absolute Gasteiger partial charge is 0.246 e. The van der Waals surface area contributed by atoms with Gasteiger partial charge in [-0.05, 0) is 54.2 Å². The van der Waals surface area contributed by atoms with Crippen molar-refractivity contribution in [3.8, 4) is 22.3 Å². The van der Waals surface area contributed by atoms with Crippen LogP contribution in [0.5, 0.6) is 0 Å². The van der Waals surface area contributed by atoms with Gasteiger partial charge in [0.1, 0.15) is 11.9 Å². The van der Waals surface area contributed by atoms with Gasteiger partial charge in [-0.15, -0.1) is 22.7 Å². The first-order chi connectivity index (χ1) is 19.9. The van der Waals surface area contributed by atoms with Crippen LogP contribution in [-0.4, -0.2) is 49.2 Å². The molecule has 2 amide bonds. The number of thiophene rings is 2. The standard InChI is InChI=1S/C31H30N6O2S2/c1-16(2)27(34-17(3)38)31(39)37-10-4-5-26(37)30-35-23-9-7-19(12-25(23)36-30)21-14-41-28-20(13-40-29(21)28)18-6-8-22-24(11-18)33-15-32-22/h6-9,11-16,26-27H,4-5,10H2,1-3H3,(H,32,33)(H,34,38)(H,35,36). The molecule has 1 aliphatic rings. The molecule has 4 aromatic heterocycles. The summed E-state index contributed by atoms with van der Waals surface area (Å²) in [4.78, 5) is 43.1. The molecular weight excluding hydrogens is 553 g/mol. The zero-order valence-electron chi connectivity index (χ0n) is 23.0. The maximum absolute atomic E-state index is 13.5. The second-order valence-corrected chi connectivity index (χ2v) is 12.8. The quantitative estimate of drug-likeness (QED) is 0.199. The highest BCUT2D eigenvalue weighted by Gasteiger charge is 2.37. The lowest BCUT2D eigenvalue weighted by atomic mass is 10.0. The highest BCUT2D eigenvalue weighted by molar-refractivity contribution is 7.27. The Balaban J connectivity index is 1.19. The molecule has 41 heavy (non-hydrogen) atoms. The van der Waals surface area contributed by atoms with E-state index in [1.165, 1.54) is 33.0 Å². The van der Waals surface area contributed by atoms with E-state index in [0.717, 1.165) is 46.3 Å². The summed E-state index contributed by atoms with van der Waals surface area (Å²) in [5, 5.41) is 7.33. The molecule has 0 spiro atoms. The molecule has 1 aliphatic heterocycles. The van der Waals surface area contributed by atoms with Crippen molar-refractivity contribution in [2.24, 2.45) is 5.92 Å². The number of fused-ring (bicyclic) bond motifs is 3. The number of H-pyrrole nitrogens is 2. The minimum absolute atomic E-state index is 0.000487. The molecule has 0 saturated carbocycles. The number of hydrogen-bond acceptors (Lipinski definition) is 6. The Bertz CT molecular complexity index is 1930. The van der Waals surface area contributed by atoms with Crippen molar-refractivity contribution in [1.82, 2.24) is 30.2 Å². The van der Waals surface area contributed by atoms with Crippen molar-refractivity contribution in [3.05, 3.63) is 59.3 Å². The molecule has 0 radical (unpaired) electrons. The van der Waals surface area contributed by atoms with Crippen LogP contribution >= 0.6 is 22.7 Å². The van der Waals surface area contributed by atoms with Crippen LogP contribution in [0.2, 0.25) is 0 Å². The first kappa shape index (κ1) is 25.9. The van der Waals surface area contributed by atoms with Crippen LogP contribution in [0.1, 0.15) is 45.5 Å². The van der Waals surface area contributed by atoms with Crippen LogP contribution in [-0.2, 0) is 9.59 Å². The number of aromatic nitrogens is 4. The SMILES string of the molecule is CC(=O)NC(C(=O)N1CCCC1c1nc2ccc(-c3csc4c(-c5ccc6nc[nH]c6c5)csc34)cc2[nH]1)C(C)C. The van der Waals surface area contributed by atoms with E-state index in [0.29, 0.717) is 6.54 Å². The van der Waals surface area contributed by atoms with Gasteiger partial charge in [0.2, 0.25) is 11.8 Å². The van der Waals surface area contributed by atoms with E-state index < -0.39 is 6.04 Å². The van der Waals surface area contributed by atoms with Gasteiger partial charge in [0, 0.05) is 35.4 Å². The fraction of sp³-hybridized carbons (Fsp3) is 0.290. The van der Waals surface area contributed by atoms with Crippen LogP contribution in [0.15, 0.2) is 53.5 Å². The summed E-state index contributed by atoms with van der Waals surface area (Å²) in [5.74, 6) is 0.568. The largest absolute Gasteiger partial charge is 0.345 e. The number of carbonyl (C=O) groups excluding carboxylic acids is 2. The van der Waals surface area contributed by atoms with Crippen molar-refractivity contribution in [3.63, 3.8) is 0 Å². The zero-order valence-corrected chi connectivity index (χ0v) is 24.7. The number of aromatic amines is 2. The average Bonchev–Trinajstić information content (AvgIpc) is 3.77. The predicted octanol–water partition coefficient (Wildman–Crippen LogP) is 6.87. The van der Waals surface area contributed by atoms with Gasteiger partial charge < -0.3 is 20.2 Å². The first-order valence-electron chi connectivity index (χ1n) is 13.9. The molecule has 2 atom stereocenters. The van der Waals surface area contributed by atoms with Crippen molar-refractivity contribution in [2.75, 3.05) is 6.54 Å². The number of benzene rings is 2. The van der Waals surface area contributed by atoms with Crippen molar-refractivity contribution < 1.29 is 9.59 Å². The number of carbonyl (C=O) groups is 2. The Kier molecular flexibility index (Phi) is 6.39. The molecule has 1 saturated heterocycles. The predicted molar refractivity (Wildman–Crippen MR) is 166 cm³/mol. The van der Waals surface area contributed by atoms with E-state index in [9.17, 15) is 9.59 Å². The molecule has 7 rings (SSSR count). The summed E-state index contributed by atoms with van der Waals surface area (Å²) >= 11 is 3.55. The average molecular weight is 583 g/mol. The first-order valence-corrected chi connectivity index (χ1v) is 15.6. The summed E-state index contributed by atoms with van der Waals surface area (Å²) in [6, 6.07) is 12.0. The van der Waals surface area contributed by atoms with Crippen LogP contribution in [0, 0.1) is 5.92 Å². The van der Waals surface area contributed by atoms with E-state index in [1.807, 2.05) is 18.7 Å². The van der Waals surface area contributed by atoms with Gasteiger partial charge in [-0.3, -0.25) is 9.59 Å². The van der Waals surface area contributed by atoms with Gasteiger partial charge in [-0.25, -0.2) is 9.97 Å². The normalized spacial score (nSPS) is 16.4. The molecule has 3 N–H and O–H groups in total. The number of likely N-dealkylation sites (tertiary alicyclic amines) is 1. The molecule has 6 aromatic rings. The molecule has 2 aromatic carbocycles. The Morgan fingerprint density at radius 1 is 1.00 bits per heavy atom. The van der Waals surface area contributed by atoms with E-state index >= 15 is 0 Å². The third-order valence-electron chi connectivity index (χ3n) is 7.97. The van der Waals surface area contributed by atoms with Gasteiger partial charge in [0.15, 0.2) is 0 Å². The summed E-state index contributed by atoms with van der Waals surface area (Å²) < 4.78 is 2.56. The Morgan fingerprint density at radius 3 is 2.37 bits per heavy atom. The van der Waals surface area contributed by atoms with E-state index in [1.54, 1.807) is 29.0 Å². The molecule has 0 aliphatic carbocycles. The molecule has 1 fully saturated rings. The fourth-order valence-electron chi connectivity index (χ4n) is 5.90. The molecule has 2 unspecified atom stereocenters. The lowest BCUT2D eigenvalue weighted by molar-refractivity contribution is -0.138. The number of rotatable bonds is 6. The van der Waals surface area contributed by atoms with Crippen molar-refractivity contribution in [1.29, 1.82) is 0 Å². The highest BCUT2D eigenvalue weighted by Crippen LogP contribution is 2.44. The number of nitrogens with one attached hydrogen (secondary N) is 3. The van der Waals surface area contributed by atoms with Gasteiger partial charge in [0.25, 0.3) is 0 Å². The minimum Gasteiger partial charge on any atom is -0.345 e. The Hall–Kier alpha value is -4.02. The number of hydrogen-bond donors (Lipinski definition) is 3. The molecular formula is C31H30N6O2S2. The number of nitrogens with zero attached hydrogens (tertiary/aromatic N) is 3. The Morgan fingerprint density at radius 2 is 1.68 bits per heavy atom. The Labute approximate surface area is 244 Å². The lowest BCUT2D eigenvalue weighted by Crippen LogP contribution is -2.50. The zero-order chi connectivity index (χ0) is 28.2. The monoisotopic (exact) mass is 582 g/mol. The van der Waals surface area contributed by atoms with Gasteiger partial charge in [-0.2, -0.15) is 0 Å². The summed E-state index contributed by atoms with van der Waals surface area (Å²) in [6.07, 6.45) is 3.48. The van der Waals surface area contributed by atoms with Gasteiger partial charge >= 0.3 is 0 Å². The van der Waals surface area contributed by atoms with E-state index in [4.69, 9.17) is 4.98 Å². The maximum atomic E-state index is 13.5. The van der Waals surface area contributed by atoms with Gasteiger partial charge in [0.05, 0.1) is 43.8 Å². The number of amides is 2. The van der Waals surface area contributed by atoms with E-state index in [-0.39, 0.29) is 23.8 Å². The van der Waals surface area contributed by atoms with Crippen LogP contribution < -0.4 is 5.32 Å². The molecule has 208 valence electrons. The second kappa shape index (κ2) is 10.1. The van der Waals surface area contributed by atoms with Crippen LogP contribution in [0.3, 0.4) is 0 Å². The third kappa shape index (κ3) is 4.51. The van der Waals surface area contributed by atoms with Crippen LogP contribution in [0.4, 0.5) is 0 Å². The fourth-order valence-corrected chi connectivity index (χ4v) is 8.36. The van der Waals surface area contributed by atoms with Crippen LogP contribution in [0.25, 0.3) is 53.7 Å². The summed E-state index contributed by atoms with van der Waals surface area (Å²) in [7, 11) is 0. The third-order valence-corrected chi connectivity index (χ3v) is 10.1. The van der Waals surface area contributed by atoms with Gasteiger partial charge in [-0.1, -0.05) is 26.0 Å². The van der Waals surface area contributed by atoms with Crippen molar-refractivity contribution >= 4 is 66.0 Å².